The number of nitrogens with one attached hydrogen (secondary N) is 1. The molecule has 18 nitrogen and oxygen atoms in total. The van der Waals surface area contributed by atoms with Gasteiger partial charge in [-0.1, -0.05) is 0 Å². The first-order valence-corrected chi connectivity index (χ1v) is 14.6. The van der Waals surface area contributed by atoms with E-state index in [9.17, 15) is 23.7 Å². The Hall–Kier alpha value is -1.36. The SMILES string of the molecule is CC(N)CCNP(=O)(O)OP(=O)(OC[C@H]1O[C@@H](n2cnc3c(N)ncnc32)CC1O)OP(=O)(O)O. The zero-order valence-corrected chi connectivity index (χ0v) is 20.9. The number of nitrogens with zero attached hydrogens (tertiary/aromatic N) is 4. The Morgan fingerprint density at radius 3 is 2.63 bits per heavy atom. The van der Waals surface area contributed by atoms with Crippen LogP contribution in [0.5, 0.6) is 0 Å². The first-order valence-electron chi connectivity index (χ1n) is 10.0. The van der Waals surface area contributed by atoms with E-state index in [4.69, 9.17) is 30.5 Å². The number of fused-ring (bicyclic) bond motifs is 1. The van der Waals surface area contributed by atoms with Crippen molar-refractivity contribution in [3.63, 3.8) is 0 Å². The molecule has 0 spiro atoms. The number of phosphoric acid groups is 2. The molecule has 0 saturated carbocycles. The smallest absolute Gasteiger partial charge is 0.390 e. The number of rotatable bonds is 12. The van der Waals surface area contributed by atoms with E-state index in [0.717, 1.165) is 0 Å². The second kappa shape index (κ2) is 10.9. The van der Waals surface area contributed by atoms with Gasteiger partial charge >= 0.3 is 23.4 Å². The molecule has 2 aromatic heterocycles. The van der Waals surface area contributed by atoms with Crippen molar-refractivity contribution < 1.29 is 51.4 Å². The molecule has 1 aliphatic heterocycles. The van der Waals surface area contributed by atoms with E-state index in [0.29, 0.717) is 11.2 Å². The number of imidazole rings is 1. The first kappa shape index (κ1) is 28.2. The lowest BCUT2D eigenvalue weighted by atomic mass is 10.2. The molecule has 198 valence electrons. The molecule has 0 aromatic carbocycles. The number of nitrogen functional groups attached to an aromatic ring is 1. The van der Waals surface area contributed by atoms with Gasteiger partial charge in [-0.2, -0.15) is 8.62 Å². The average molecular weight is 561 g/mol. The van der Waals surface area contributed by atoms with Crippen molar-refractivity contribution in [3.8, 4) is 0 Å². The van der Waals surface area contributed by atoms with Gasteiger partial charge < -0.3 is 36.0 Å². The molecule has 1 aliphatic rings. The highest BCUT2D eigenvalue weighted by molar-refractivity contribution is 7.67. The molecule has 0 aliphatic carbocycles. The Balaban J connectivity index is 1.69. The molecule has 1 saturated heterocycles. The second-order valence-electron chi connectivity index (χ2n) is 7.61. The minimum absolute atomic E-state index is 0.00871. The van der Waals surface area contributed by atoms with E-state index in [2.05, 4.69) is 23.6 Å². The van der Waals surface area contributed by atoms with Crippen LogP contribution in [0.15, 0.2) is 12.7 Å². The third-order valence-corrected chi connectivity index (χ3v) is 9.05. The predicted molar refractivity (Wildman–Crippen MR) is 118 cm³/mol. The van der Waals surface area contributed by atoms with Gasteiger partial charge in [0.1, 0.15) is 24.2 Å². The number of aliphatic hydroxyl groups is 1. The van der Waals surface area contributed by atoms with Gasteiger partial charge in [-0.05, 0) is 13.3 Å². The van der Waals surface area contributed by atoms with Crippen molar-refractivity contribution in [1.29, 1.82) is 0 Å². The van der Waals surface area contributed by atoms with E-state index in [1.165, 1.54) is 17.2 Å². The Bertz CT molecular complexity index is 1170. The molecule has 35 heavy (non-hydrogen) atoms. The maximum Gasteiger partial charge on any atom is 0.492 e. The number of hydrogen-bond acceptors (Lipinski definition) is 13. The van der Waals surface area contributed by atoms with E-state index < -0.39 is 48.4 Å². The van der Waals surface area contributed by atoms with Gasteiger partial charge in [0, 0.05) is 19.0 Å². The Kier molecular flexibility index (Phi) is 8.82. The zero-order chi connectivity index (χ0) is 26.0. The highest BCUT2D eigenvalue weighted by atomic mass is 31.3. The topological polar surface area (TPSA) is 277 Å². The summed E-state index contributed by atoms with van der Waals surface area (Å²) in [4.78, 5) is 40.0. The molecule has 0 bridgehead atoms. The molecule has 3 heterocycles. The highest BCUT2D eigenvalue weighted by Crippen LogP contribution is 2.67. The summed E-state index contributed by atoms with van der Waals surface area (Å²) in [6, 6.07) is -0.346. The molecule has 0 amide bonds. The fraction of sp³-hybridized carbons (Fsp3) is 0.643. The Morgan fingerprint density at radius 1 is 1.26 bits per heavy atom. The number of anilines is 1. The molecular weight excluding hydrogens is 535 g/mol. The number of nitrogens with two attached hydrogens (primary N) is 2. The van der Waals surface area contributed by atoms with Gasteiger partial charge in [-0.25, -0.2) is 33.7 Å². The summed E-state index contributed by atoms with van der Waals surface area (Å²) in [7, 11) is -15.8. The van der Waals surface area contributed by atoms with Gasteiger partial charge in [0.05, 0.1) is 19.0 Å². The molecule has 9 N–H and O–H groups in total. The fourth-order valence-corrected chi connectivity index (χ4v) is 6.93. The molecule has 1 fully saturated rings. The number of hydrogen-bond donors (Lipinski definition) is 7. The predicted octanol–water partition coefficient (Wildman–Crippen LogP) is -0.265. The van der Waals surface area contributed by atoms with Crippen LogP contribution in [-0.4, -0.2) is 70.7 Å². The Morgan fingerprint density at radius 2 is 1.97 bits per heavy atom. The largest absolute Gasteiger partial charge is 0.492 e. The lowest BCUT2D eigenvalue weighted by molar-refractivity contribution is -0.0420. The van der Waals surface area contributed by atoms with E-state index in [1.807, 2.05) is 5.09 Å². The van der Waals surface area contributed by atoms with Crippen LogP contribution < -0.4 is 16.6 Å². The molecule has 6 atom stereocenters. The lowest BCUT2D eigenvalue weighted by Crippen LogP contribution is -2.26. The standard InChI is InChI=1S/C14H26N7O11P3/c1-8(15)2-3-20-33(23,24)31-35(28,32-34(25,26)27)29-5-10-9(22)4-11(30-10)21-7-19-12-13(16)17-6-18-14(12)21/h6-11,22H,2-5,15H2,1H3,(H2,16,17,18)(H2,20,23,24)(H2,25,26,27)/t8?,9?,10-,11-,35?/m1/s1. The molecular formula is C14H26N7O11P3. The second-order valence-corrected chi connectivity index (χ2v) is 12.4. The van der Waals surface area contributed by atoms with Gasteiger partial charge in [-0.15, -0.1) is 0 Å². The van der Waals surface area contributed by atoms with Crippen molar-refractivity contribution in [3.05, 3.63) is 12.7 Å². The molecule has 3 rings (SSSR count). The van der Waals surface area contributed by atoms with E-state index in [1.54, 1.807) is 6.92 Å². The van der Waals surface area contributed by atoms with Crippen LogP contribution in [0.25, 0.3) is 11.2 Å². The summed E-state index contributed by atoms with van der Waals surface area (Å²) in [5.74, 6) is 0.128. The summed E-state index contributed by atoms with van der Waals surface area (Å²) in [6.45, 7) is 0.684. The summed E-state index contributed by atoms with van der Waals surface area (Å²) in [5, 5.41) is 12.4. The average Bonchev–Trinajstić information content (AvgIpc) is 3.28. The molecule has 21 heteroatoms. The number of aromatic nitrogens is 4. The van der Waals surface area contributed by atoms with Gasteiger partial charge in [0.25, 0.3) is 0 Å². The van der Waals surface area contributed by atoms with Crippen molar-refractivity contribution in [2.24, 2.45) is 5.73 Å². The fourth-order valence-electron chi connectivity index (χ4n) is 3.07. The third-order valence-electron chi connectivity index (χ3n) is 4.63. The van der Waals surface area contributed by atoms with E-state index >= 15 is 0 Å². The summed E-state index contributed by atoms with van der Waals surface area (Å²) in [5.41, 5.74) is 11.9. The number of ether oxygens (including phenoxy) is 1. The number of aliphatic hydroxyl groups excluding tert-OH is 1. The van der Waals surface area contributed by atoms with Gasteiger partial charge in [0.15, 0.2) is 11.5 Å². The molecule has 0 radical (unpaired) electrons. The van der Waals surface area contributed by atoms with Crippen molar-refractivity contribution in [2.45, 2.75) is 44.2 Å². The van der Waals surface area contributed by atoms with Gasteiger partial charge in [0.2, 0.25) is 0 Å². The Labute approximate surface area is 198 Å². The van der Waals surface area contributed by atoms with Crippen LogP contribution in [0.1, 0.15) is 26.0 Å². The van der Waals surface area contributed by atoms with Crippen LogP contribution in [0.2, 0.25) is 0 Å². The van der Waals surface area contributed by atoms with Crippen molar-refractivity contribution in [2.75, 3.05) is 18.9 Å². The third kappa shape index (κ3) is 7.81. The summed E-state index contributed by atoms with van der Waals surface area (Å²) < 4.78 is 56.8. The van der Waals surface area contributed by atoms with Crippen molar-refractivity contribution in [1.82, 2.24) is 24.6 Å². The van der Waals surface area contributed by atoms with Crippen LogP contribution in [-0.2, 0) is 31.6 Å². The van der Waals surface area contributed by atoms with Crippen molar-refractivity contribution >= 4 is 40.4 Å². The zero-order valence-electron chi connectivity index (χ0n) is 18.2. The van der Waals surface area contributed by atoms with Gasteiger partial charge in [-0.3, -0.25) is 9.09 Å². The summed E-state index contributed by atoms with van der Waals surface area (Å²) >= 11 is 0. The maximum absolute atomic E-state index is 12.8. The normalized spacial score (nSPS) is 25.4. The molecule has 2 aromatic rings. The lowest BCUT2D eigenvalue weighted by Gasteiger charge is -2.23. The molecule has 4 unspecified atom stereocenters. The minimum Gasteiger partial charge on any atom is -0.390 e. The quantitative estimate of drug-likeness (QED) is 0.164. The van der Waals surface area contributed by atoms with Crippen LogP contribution in [0.3, 0.4) is 0 Å². The minimum atomic E-state index is -5.51. The monoisotopic (exact) mass is 561 g/mol. The van der Waals surface area contributed by atoms with Crippen LogP contribution in [0, 0.1) is 0 Å². The van der Waals surface area contributed by atoms with E-state index in [-0.39, 0.29) is 31.2 Å². The summed E-state index contributed by atoms with van der Waals surface area (Å²) in [6.07, 6.45) is -0.471. The van der Waals surface area contributed by atoms with Crippen LogP contribution in [0.4, 0.5) is 5.82 Å². The van der Waals surface area contributed by atoms with Crippen LogP contribution >= 0.6 is 23.4 Å². The maximum atomic E-state index is 12.8. The first-order chi connectivity index (χ1) is 16.2. The highest BCUT2D eigenvalue weighted by Gasteiger charge is 2.45.